The molecule has 1 aromatic heterocycles. The van der Waals surface area contributed by atoms with Gasteiger partial charge in [-0.05, 0) is 25.0 Å². The number of benzene rings is 1. The van der Waals surface area contributed by atoms with Crippen LogP contribution >= 0.6 is 0 Å². The van der Waals surface area contributed by atoms with Gasteiger partial charge < -0.3 is 10.2 Å². The first-order chi connectivity index (χ1) is 10.3. The molecule has 0 spiro atoms. The lowest BCUT2D eigenvalue weighted by Gasteiger charge is -2.22. The van der Waals surface area contributed by atoms with E-state index in [1.807, 2.05) is 35.2 Å². The van der Waals surface area contributed by atoms with Crippen LogP contribution in [0.4, 0.5) is 5.69 Å². The first-order valence-electron chi connectivity index (χ1n) is 7.61. The second-order valence-electron chi connectivity index (χ2n) is 5.11. The van der Waals surface area contributed by atoms with Gasteiger partial charge in [0.2, 0.25) is 5.91 Å². The van der Waals surface area contributed by atoms with Gasteiger partial charge in [0.05, 0.1) is 12.1 Å². The van der Waals surface area contributed by atoms with Crippen molar-refractivity contribution in [1.82, 2.24) is 9.88 Å². The summed E-state index contributed by atoms with van der Waals surface area (Å²) in [6, 6.07) is 9.86. The van der Waals surface area contributed by atoms with E-state index in [1.54, 1.807) is 6.20 Å². The summed E-state index contributed by atoms with van der Waals surface area (Å²) in [5.41, 5.74) is 1.90. The molecule has 4 heteroatoms. The van der Waals surface area contributed by atoms with E-state index in [2.05, 4.69) is 24.1 Å². The second kappa shape index (κ2) is 7.62. The van der Waals surface area contributed by atoms with E-state index in [4.69, 9.17) is 0 Å². The van der Waals surface area contributed by atoms with Crippen LogP contribution in [-0.2, 0) is 4.79 Å². The van der Waals surface area contributed by atoms with Gasteiger partial charge in [-0.15, -0.1) is 0 Å². The molecule has 0 aliphatic carbocycles. The number of nitrogens with one attached hydrogen (secondary N) is 1. The fraction of sp³-hybridized carbons (Fsp3) is 0.412. The van der Waals surface area contributed by atoms with Gasteiger partial charge in [-0.25, -0.2) is 0 Å². The topological polar surface area (TPSA) is 45.2 Å². The van der Waals surface area contributed by atoms with Crippen LogP contribution in [0.15, 0.2) is 36.5 Å². The molecule has 1 heterocycles. The third-order valence-corrected chi connectivity index (χ3v) is 3.42. The Morgan fingerprint density at radius 2 is 1.86 bits per heavy atom. The zero-order valence-electron chi connectivity index (χ0n) is 12.8. The molecule has 0 bridgehead atoms. The highest BCUT2D eigenvalue weighted by Crippen LogP contribution is 2.20. The second-order valence-corrected chi connectivity index (χ2v) is 5.11. The Morgan fingerprint density at radius 3 is 2.57 bits per heavy atom. The van der Waals surface area contributed by atoms with Gasteiger partial charge in [0, 0.05) is 30.4 Å². The minimum Gasteiger partial charge on any atom is -0.376 e. The van der Waals surface area contributed by atoms with Crippen LogP contribution in [0, 0.1) is 0 Å². The van der Waals surface area contributed by atoms with E-state index in [1.165, 1.54) is 0 Å². The number of aromatic nitrogens is 1. The van der Waals surface area contributed by atoms with E-state index in [-0.39, 0.29) is 5.91 Å². The summed E-state index contributed by atoms with van der Waals surface area (Å²) in [5.74, 6) is 0.152. The Labute approximate surface area is 126 Å². The predicted molar refractivity (Wildman–Crippen MR) is 87.4 cm³/mol. The molecule has 0 saturated carbocycles. The Bertz CT molecular complexity index is 586. The number of nitrogens with zero attached hydrogens (tertiary/aromatic N) is 2. The SMILES string of the molecule is CCCN(CCC)C(=O)CNc1ccnc2ccccc12. The van der Waals surface area contributed by atoms with Crippen LogP contribution in [0.2, 0.25) is 0 Å². The van der Waals surface area contributed by atoms with Gasteiger partial charge in [0.25, 0.3) is 0 Å². The summed E-state index contributed by atoms with van der Waals surface area (Å²) in [7, 11) is 0. The van der Waals surface area contributed by atoms with Crippen molar-refractivity contribution in [2.75, 3.05) is 25.0 Å². The van der Waals surface area contributed by atoms with E-state index < -0.39 is 0 Å². The van der Waals surface area contributed by atoms with Crippen molar-refractivity contribution < 1.29 is 4.79 Å². The lowest BCUT2D eigenvalue weighted by atomic mass is 10.2. The molecule has 1 amide bonds. The predicted octanol–water partition coefficient (Wildman–Crippen LogP) is 3.30. The maximum absolute atomic E-state index is 12.3. The molecule has 0 saturated heterocycles. The Morgan fingerprint density at radius 1 is 1.14 bits per heavy atom. The molecular weight excluding hydrogens is 262 g/mol. The summed E-state index contributed by atoms with van der Waals surface area (Å²) in [6.07, 6.45) is 3.75. The van der Waals surface area contributed by atoms with Crippen molar-refractivity contribution in [3.8, 4) is 0 Å². The standard InChI is InChI=1S/C17H23N3O/c1-3-11-20(12-4-2)17(21)13-19-16-9-10-18-15-8-6-5-7-14(15)16/h5-10H,3-4,11-13H2,1-2H3,(H,18,19). The molecule has 1 aromatic carbocycles. The minimum absolute atomic E-state index is 0.152. The molecule has 0 aliphatic rings. The summed E-state index contributed by atoms with van der Waals surface area (Å²) < 4.78 is 0. The molecule has 0 atom stereocenters. The summed E-state index contributed by atoms with van der Waals surface area (Å²) in [4.78, 5) is 18.5. The van der Waals surface area contributed by atoms with Crippen LogP contribution in [0.25, 0.3) is 10.9 Å². The number of anilines is 1. The molecule has 0 aliphatic heterocycles. The number of hydrogen-bond acceptors (Lipinski definition) is 3. The highest BCUT2D eigenvalue weighted by molar-refractivity contribution is 5.92. The first-order valence-corrected chi connectivity index (χ1v) is 7.61. The van der Waals surface area contributed by atoms with Gasteiger partial charge >= 0.3 is 0 Å². The molecule has 112 valence electrons. The smallest absolute Gasteiger partial charge is 0.241 e. The number of hydrogen-bond donors (Lipinski definition) is 1. The van der Waals surface area contributed by atoms with E-state index in [0.29, 0.717) is 6.54 Å². The quantitative estimate of drug-likeness (QED) is 0.849. The van der Waals surface area contributed by atoms with Crippen molar-refractivity contribution in [2.45, 2.75) is 26.7 Å². The van der Waals surface area contributed by atoms with Gasteiger partial charge in [-0.2, -0.15) is 0 Å². The van der Waals surface area contributed by atoms with Crippen molar-refractivity contribution in [2.24, 2.45) is 0 Å². The number of carbonyl (C=O) groups is 1. The fourth-order valence-corrected chi connectivity index (χ4v) is 2.43. The molecule has 4 nitrogen and oxygen atoms in total. The first kappa shape index (κ1) is 15.3. The highest BCUT2D eigenvalue weighted by atomic mass is 16.2. The van der Waals surface area contributed by atoms with Crippen molar-refractivity contribution >= 4 is 22.5 Å². The highest BCUT2D eigenvalue weighted by Gasteiger charge is 2.11. The lowest BCUT2D eigenvalue weighted by molar-refractivity contribution is -0.129. The van der Waals surface area contributed by atoms with Crippen LogP contribution in [0.3, 0.4) is 0 Å². The monoisotopic (exact) mass is 285 g/mol. The van der Waals surface area contributed by atoms with Crippen LogP contribution < -0.4 is 5.32 Å². The number of para-hydroxylation sites is 1. The van der Waals surface area contributed by atoms with Gasteiger partial charge in [-0.1, -0.05) is 32.0 Å². The average molecular weight is 285 g/mol. The maximum atomic E-state index is 12.3. The Balaban J connectivity index is 2.05. The summed E-state index contributed by atoms with van der Waals surface area (Å²) in [6.45, 7) is 6.17. The van der Waals surface area contributed by atoms with Crippen LogP contribution in [-0.4, -0.2) is 35.4 Å². The summed E-state index contributed by atoms with van der Waals surface area (Å²) >= 11 is 0. The van der Waals surface area contributed by atoms with Crippen LogP contribution in [0.1, 0.15) is 26.7 Å². The van der Waals surface area contributed by atoms with Gasteiger partial charge in [0.15, 0.2) is 0 Å². The summed E-state index contributed by atoms with van der Waals surface area (Å²) in [5, 5.41) is 4.30. The maximum Gasteiger partial charge on any atom is 0.241 e. The van der Waals surface area contributed by atoms with Crippen molar-refractivity contribution in [3.63, 3.8) is 0 Å². The molecular formula is C17H23N3O. The third-order valence-electron chi connectivity index (χ3n) is 3.42. The Hall–Kier alpha value is -2.10. The molecule has 0 unspecified atom stereocenters. The van der Waals surface area contributed by atoms with Gasteiger partial charge in [-0.3, -0.25) is 9.78 Å². The van der Waals surface area contributed by atoms with Crippen molar-refractivity contribution in [3.05, 3.63) is 36.5 Å². The fourth-order valence-electron chi connectivity index (χ4n) is 2.43. The number of carbonyl (C=O) groups excluding carboxylic acids is 1. The minimum atomic E-state index is 0.152. The molecule has 2 aromatic rings. The number of fused-ring (bicyclic) bond motifs is 1. The normalized spacial score (nSPS) is 10.6. The zero-order valence-corrected chi connectivity index (χ0v) is 12.8. The van der Waals surface area contributed by atoms with Crippen molar-refractivity contribution in [1.29, 1.82) is 0 Å². The van der Waals surface area contributed by atoms with Gasteiger partial charge in [0.1, 0.15) is 0 Å². The van der Waals surface area contributed by atoms with E-state index in [9.17, 15) is 4.79 Å². The molecule has 21 heavy (non-hydrogen) atoms. The van der Waals surface area contributed by atoms with E-state index >= 15 is 0 Å². The average Bonchev–Trinajstić information content (AvgIpc) is 2.52. The largest absolute Gasteiger partial charge is 0.376 e. The third kappa shape index (κ3) is 3.94. The number of rotatable bonds is 7. The Kier molecular flexibility index (Phi) is 5.55. The van der Waals surface area contributed by atoms with Crippen LogP contribution in [0.5, 0.6) is 0 Å². The zero-order chi connectivity index (χ0) is 15.1. The molecule has 2 rings (SSSR count). The number of pyridine rings is 1. The molecule has 0 fully saturated rings. The lowest BCUT2D eigenvalue weighted by Crippen LogP contribution is -2.36. The van der Waals surface area contributed by atoms with E-state index in [0.717, 1.165) is 42.5 Å². The number of amides is 1. The molecule has 0 radical (unpaired) electrons. The molecule has 1 N–H and O–H groups in total.